The van der Waals surface area contributed by atoms with Crippen LogP contribution in [0.15, 0.2) is 29.3 Å². The van der Waals surface area contributed by atoms with Crippen molar-refractivity contribution in [2.45, 2.75) is 70.1 Å². The molecular formula is C31H42F3N7O5S2. The number of hydrogen-bond donors (Lipinski definition) is 4. The van der Waals surface area contributed by atoms with Crippen LogP contribution in [0.5, 0.6) is 0 Å². The number of benzene rings is 1. The first-order valence-electron chi connectivity index (χ1n) is 15.9. The Hall–Kier alpha value is -3.12. The molecule has 1 unspecified atom stereocenters. The summed E-state index contributed by atoms with van der Waals surface area (Å²) in [4.78, 5) is 28.8. The number of hydrogen-bond acceptors (Lipinski definition) is 9. The van der Waals surface area contributed by atoms with Gasteiger partial charge in [0.25, 0.3) is 5.91 Å². The summed E-state index contributed by atoms with van der Waals surface area (Å²) >= 11 is 3.95. The highest BCUT2D eigenvalue weighted by Crippen LogP contribution is 2.37. The van der Waals surface area contributed by atoms with Gasteiger partial charge in [-0.05, 0) is 42.4 Å². The van der Waals surface area contributed by atoms with E-state index in [9.17, 15) is 36.3 Å². The number of alkyl halides is 3. The molecule has 3 aliphatic rings. The summed E-state index contributed by atoms with van der Waals surface area (Å²) in [6, 6.07) is 3.75. The molecule has 5 rings (SSSR count). The highest BCUT2D eigenvalue weighted by atomic mass is 32.2. The maximum atomic E-state index is 14.0. The van der Waals surface area contributed by atoms with Crippen molar-refractivity contribution in [3.05, 3.63) is 51.7 Å². The summed E-state index contributed by atoms with van der Waals surface area (Å²) in [5, 5.41) is 22.2. The Labute approximate surface area is 283 Å². The van der Waals surface area contributed by atoms with Crippen LogP contribution in [-0.4, -0.2) is 107 Å². The van der Waals surface area contributed by atoms with Crippen molar-refractivity contribution >= 4 is 34.5 Å². The van der Waals surface area contributed by atoms with Crippen molar-refractivity contribution in [3.63, 3.8) is 0 Å². The molecule has 0 bridgehead atoms. The first-order chi connectivity index (χ1) is 22.7. The highest BCUT2D eigenvalue weighted by Gasteiger charge is 2.36. The van der Waals surface area contributed by atoms with Gasteiger partial charge in [-0.1, -0.05) is 6.07 Å². The van der Waals surface area contributed by atoms with Crippen molar-refractivity contribution in [3.8, 4) is 11.3 Å². The van der Waals surface area contributed by atoms with Crippen LogP contribution >= 0.6 is 12.6 Å². The molecule has 0 aliphatic carbocycles. The lowest BCUT2D eigenvalue weighted by atomic mass is 9.97. The van der Waals surface area contributed by atoms with E-state index < -0.39 is 40.3 Å². The lowest BCUT2D eigenvalue weighted by Crippen LogP contribution is -2.47. The number of carbonyl (C=O) groups excluding carboxylic acids is 2. The predicted octanol–water partition coefficient (Wildman–Crippen LogP) is 1.94. The molecule has 1 aromatic heterocycles. The van der Waals surface area contributed by atoms with Crippen LogP contribution in [0, 0.1) is 0 Å². The first kappa shape index (κ1) is 36.2. The van der Waals surface area contributed by atoms with Gasteiger partial charge in [0.1, 0.15) is 5.70 Å². The van der Waals surface area contributed by atoms with E-state index in [-0.39, 0.29) is 42.8 Å². The monoisotopic (exact) mass is 713 g/mol. The zero-order chi connectivity index (χ0) is 34.8. The van der Waals surface area contributed by atoms with E-state index in [1.807, 2.05) is 4.90 Å². The predicted molar refractivity (Wildman–Crippen MR) is 176 cm³/mol. The first-order valence-corrected chi connectivity index (χ1v) is 18.3. The van der Waals surface area contributed by atoms with Crippen LogP contribution in [0.2, 0.25) is 0 Å². The number of β-amino-alcohol motifs (C(OH)–C–C–N with tert-alkyl or cyclic N) is 1. The van der Waals surface area contributed by atoms with Crippen LogP contribution in [0.4, 0.5) is 13.2 Å². The number of aliphatic hydroxyl groups excluding tert-OH is 1. The molecule has 2 aromatic rings. The number of aliphatic hydroxyl groups is 1. The molecule has 2 amide bonds. The Bertz CT molecular complexity index is 1660. The Balaban J connectivity index is 1.39. The number of fused-ring (bicyclic) bond motifs is 1. The summed E-state index contributed by atoms with van der Waals surface area (Å²) in [7, 11) is -2.09. The number of rotatable bonds is 11. The van der Waals surface area contributed by atoms with Crippen molar-refractivity contribution in [1.82, 2.24) is 34.5 Å². The van der Waals surface area contributed by atoms with Gasteiger partial charge in [-0.25, -0.2) is 8.42 Å². The standard InChI is InChI=1S/C31H42F3N7O5S2/c1-35-26(19-47)30(44)36-15-21-14-20(5-6-25(21)31(32,33)34)29-24-18-39(48(2,45)46)13-9-27(24)41(37-29)17-23(42)16-38-11-7-22(8-12-38)40-10-3-4-28(40)43/h5-6,14,19,22-23,35,42,47H,3-4,7-13,15-18H2,1-2H3,(H,36,44)/b26-19-. The Morgan fingerprint density at radius 2 is 1.90 bits per heavy atom. The van der Waals surface area contributed by atoms with Crippen molar-refractivity contribution in [2.24, 2.45) is 0 Å². The average Bonchev–Trinajstić information content (AvgIpc) is 3.63. The lowest BCUT2D eigenvalue weighted by molar-refractivity contribution is -0.138. The van der Waals surface area contributed by atoms with Gasteiger partial charge in [-0.15, -0.1) is 12.6 Å². The molecule has 3 aliphatic heterocycles. The number of likely N-dealkylation sites (tertiary alicyclic amines) is 2. The van der Waals surface area contributed by atoms with Crippen LogP contribution in [0.25, 0.3) is 11.3 Å². The van der Waals surface area contributed by atoms with Gasteiger partial charge >= 0.3 is 6.18 Å². The maximum Gasteiger partial charge on any atom is 0.416 e. The Kier molecular flexibility index (Phi) is 11.1. The average molecular weight is 714 g/mol. The van der Waals surface area contributed by atoms with Crippen LogP contribution in [0.3, 0.4) is 0 Å². The topological polar surface area (TPSA) is 140 Å². The Morgan fingerprint density at radius 3 is 2.50 bits per heavy atom. The SMILES string of the molecule is CN/C(=C\S)C(=O)NCc1cc(-c2nn(CC(O)CN3CCC(N4CCCC4=O)CC3)c3c2CN(S(C)(=O)=O)CC3)ccc1C(F)(F)F. The van der Waals surface area contributed by atoms with Gasteiger partial charge in [0.15, 0.2) is 0 Å². The molecule has 17 heteroatoms. The number of nitrogens with zero attached hydrogens (tertiary/aromatic N) is 5. The molecule has 0 saturated carbocycles. The van der Waals surface area contributed by atoms with Crippen molar-refractivity contribution in [1.29, 1.82) is 0 Å². The molecule has 2 saturated heterocycles. The second-order valence-corrected chi connectivity index (χ2v) is 14.8. The molecule has 1 aromatic carbocycles. The number of halogens is 3. The number of piperidine rings is 1. The van der Waals surface area contributed by atoms with Crippen LogP contribution in [-0.2, 0) is 51.8 Å². The minimum absolute atomic E-state index is 0.0201. The summed E-state index contributed by atoms with van der Waals surface area (Å²) in [5.41, 5.74) is 0.857. The van der Waals surface area contributed by atoms with Gasteiger partial charge in [-0.3, -0.25) is 14.3 Å². The van der Waals surface area contributed by atoms with E-state index >= 15 is 0 Å². The Morgan fingerprint density at radius 1 is 1.17 bits per heavy atom. The van der Waals surface area contributed by atoms with Crippen molar-refractivity contribution < 1.29 is 36.3 Å². The number of likely N-dealkylation sites (N-methyl/N-ethyl adjacent to an activating group) is 1. The molecule has 2 fully saturated rings. The lowest BCUT2D eigenvalue weighted by Gasteiger charge is -2.37. The number of sulfonamides is 1. The third-order valence-electron chi connectivity index (χ3n) is 9.30. The van der Waals surface area contributed by atoms with E-state index in [4.69, 9.17) is 5.10 Å². The quantitative estimate of drug-likeness (QED) is 0.205. The molecule has 0 radical (unpaired) electrons. The maximum absolute atomic E-state index is 14.0. The summed E-state index contributed by atoms with van der Waals surface area (Å²) < 4.78 is 70.0. The fourth-order valence-corrected chi connectivity index (χ4v) is 7.86. The summed E-state index contributed by atoms with van der Waals surface area (Å²) in [5.74, 6) is -0.431. The van der Waals surface area contributed by atoms with E-state index in [1.54, 1.807) is 4.68 Å². The second-order valence-electron chi connectivity index (χ2n) is 12.5. The third kappa shape index (κ3) is 8.18. The van der Waals surface area contributed by atoms with Gasteiger partial charge in [0.05, 0.1) is 30.2 Å². The largest absolute Gasteiger partial charge is 0.416 e. The normalized spacial score (nSPS) is 19.4. The zero-order valence-electron chi connectivity index (χ0n) is 27.0. The smallest absolute Gasteiger partial charge is 0.390 e. The van der Waals surface area contributed by atoms with E-state index in [1.165, 1.54) is 28.9 Å². The molecule has 4 heterocycles. The molecule has 3 N–H and O–H groups in total. The summed E-state index contributed by atoms with van der Waals surface area (Å²) in [6.45, 7) is 2.50. The van der Waals surface area contributed by atoms with Gasteiger partial charge < -0.3 is 25.5 Å². The third-order valence-corrected chi connectivity index (χ3v) is 10.8. The van der Waals surface area contributed by atoms with Crippen molar-refractivity contribution in [2.75, 3.05) is 46.0 Å². The zero-order valence-corrected chi connectivity index (χ0v) is 28.7. The summed E-state index contributed by atoms with van der Waals surface area (Å²) in [6.07, 6.45) is -0.940. The number of aromatic nitrogens is 2. The fourth-order valence-electron chi connectivity index (χ4n) is 6.83. The van der Waals surface area contributed by atoms with Gasteiger partial charge in [0.2, 0.25) is 15.9 Å². The molecule has 264 valence electrons. The minimum atomic E-state index is -4.70. The number of carbonyl (C=O) groups is 2. The van der Waals surface area contributed by atoms with E-state index in [0.29, 0.717) is 41.9 Å². The molecule has 48 heavy (non-hydrogen) atoms. The van der Waals surface area contributed by atoms with E-state index in [2.05, 4.69) is 28.2 Å². The molecule has 12 nitrogen and oxygen atoms in total. The van der Waals surface area contributed by atoms with Crippen LogP contribution < -0.4 is 10.6 Å². The molecule has 0 spiro atoms. The van der Waals surface area contributed by atoms with Gasteiger partial charge in [0, 0.05) is 88.6 Å². The molecule has 1 atom stereocenters. The number of nitrogens with one attached hydrogen (secondary N) is 2. The van der Waals surface area contributed by atoms with Gasteiger partial charge in [-0.2, -0.15) is 22.6 Å². The number of amides is 2. The number of thiol groups is 1. The minimum Gasteiger partial charge on any atom is -0.390 e. The highest BCUT2D eigenvalue weighted by molar-refractivity contribution is 7.88. The van der Waals surface area contributed by atoms with E-state index in [0.717, 1.165) is 51.2 Å². The molecular weight excluding hydrogens is 672 g/mol. The fraction of sp³-hybridized carbons (Fsp3) is 0.581. The second kappa shape index (κ2) is 14.8. The van der Waals surface area contributed by atoms with Crippen LogP contribution in [0.1, 0.15) is 48.1 Å².